The van der Waals surface area contributed by atoms with Crippen molar-refractivity contribution in [3.8, 4) is 59.2 Å². The first-order valence-electron chi connectivity index (χ1n) is 19.2. The number of fused-ring (bicyclic) bond motifs is 6. The van der Waals surface area contributed by atoms with Gasteiger partial charge in [0.25, 0.3) is 0 Å². The first-order chi connectivity index (χ1) is 27.8. The lowest BCUT2D eigenvalue weighted by molar-refractivity contribution is -0.401. The molecule has 0 unspecified atom stereocenters. The first-order valence-corrected chi connectivity index (χ1v) is 20.8. The zero-order valence-corrected chi connectivity index (χ0v) is 35.1. The standard InChI is InChI=1S/C40H42N2O3S.C12H6/c1-39(2)35(41(5)33-25-23-29-17-11-13-19-31(29)37(33)39)21-9-7-6-8-10-22-36-40(3,4)38-32-20-14-12-18-30(32)24-26-34(38)42(36)27-15-16-28-46(43,44)45;1-3-5-7-9-11-12-10-8-6-4-2/h6-14,17-26H,15-16,27-28H2,1-5H3;1-2H3. The predicted molar refractivity (Wildman–Crippen MR) is 242 cm³/mol. The number of hydrogen-bond donors (Lipinski definition) is 0. The quantitative estimate of drug-likeness (QED) is 0.0558. The lowest BCUT2D eigenvalue weighted by Gasteiger charge is -2.27. The maximum Gasteiger partial charge on any atom is 0.210 e. The molecule has 5 nitrogen and oxygen atoms in total. The molecule has 6 rings (SSSR count). The molecule has 0 N–H and O–H groups in total. The number of anilines is 1. The summed E-state index contributed by atoms with van der Waals surface area (Å²) in [5.74, 6) is 25.2. The Balaban J connectivity index is 0.000000464. The third kappa shape index (κ3) is 9.91. The number of rotatable bonds is 9. The summed E-state index contributed by atoms with van der Waals surface area (Å²) in [5.41, 5.74) is 7.07. The molecule has 0 aliphatic carbocycles. The van der Waals surface area contributed by atoms with Gasteiger partial charge in [0.2, 0.25) is 5.69 Å². The molecule has 0 spiro atoms. The molecular formula is C52H48N2O3S. The lowest BCUT2D eigenvalue weighted by Crippen LogP contribution is -2.27. The van der Waals surface area contributed by atoms with Crippen LogP contribution in [0.2, 0.25) is 0 Å². The number of allylic oxidation sites excluding steroid dienone is 8. The SMILES string of the molecule is CC#CC#CC#CC#CC#CC.C[N+]1=C(C=CC=CC=CC=C2N(CCCCS(=O)(=O)[O-])c3ccc4ccccc4c3C2(C)C)C(C)(C)c2c1ccc1ccccc21. The second kappa shape index (κ2) is 19.1. The van der Waals surface area contributed by atoms with Crippen molar-refractivity contribution in [2.45, 2.75) is 65.2 Å². The minimum absolute atomic E-state index is 0.121. The molecule has 0 bridgehead atoms. The minimum atomic E-state index is -4.22. The number of unbranched alkanes of at least 4 members (excludes halogenated alkanes) is 1. The molecule has 2 aliphatic heterocycles. The highest BCUT2D eigenvalue weighted by Crippen LogP contribution is 2.51. The van der Waals surface area contributed by atoms with Gasteiger partial charge in [0.1, 0.15) is 7.05 Å². The molecule has 0 amide bonds. The minimum Gasteiger partial charge on any atom is -0.748 e. The average Bonchev–Trinajstić information content (AvgIpc) is 3.54. The summed E-state index contributed by atoms with van der Waals surface area (Å²) < 4.78 is 35.9. The van der Waals surface area contributed by atoms with Crippen molar-refractivity contribution in [2.24, 2.45) is 0 Å². The van der Waals surface area contributed by atoms with Gasteiger partial charge >= 0.3 is 0 Å². The average molecular weight is 781 g/mol. The van der Waals surface area contributed by atoms with Crippen molar-refractivity contribution < 1.29 is 17.5 Å². The van der Waals surface area contributed by atoms with E-state index in [1.807, 2.05) is 12.2 Å². The number of hydrogen-bond acceptors (Lipinski definition) is 4. The van der Waals surface area contributed by atoms with Crippen LogP contribution in [-0.2, 0) is 20.9 Å². The van der Waals surface area contributed by atoms with Gasteiger partial charge in [-0.3, -0.25) is 0 Å². The van der Waals surface area contributed by atoms with Crippen molar-refractivity contribution in [3.05, 3.63) is 132 Å². The molecule has 0 saturated heterocycles. The van der Waals surface area contributed by atoms with E-state index in [1.54, 1.807) is 13.8 Å². The van der Waals surface area contributed by atoms with E-state index >= 15 is 0 Å². The third-order valence-electron chi connectivity index (χ3n) is 10.3. The fourth-order valence-corrected chi connectivity index (χ4v) is 8.37. The van der Waals surface area contributed by atoms with E-state index in [4.69, 9.17) is 0 Å². The van der Waals surface area contributed by atoms with Crippen LogP contribution in [-0.4, -0.2) is 42.6 Å². The Morgan fingerprint density at radius 2 is 1.19 bits per heavy atom. The summed E-state index contributed by atoms with van der Waals surface area (Å²) >= 11 is 0. The maximum atomic E-state index is 11.2. The Hall–Kier alpha value is -6.46. The zero-order chi connectivity index (χ0) is 41.8. The van der Waals surface area contributed by atoms with Crippen LogP contribution in [0.5, 0.6) is 0 Å². The fourth-order valence-electron chi connectivity index (χ4n) is 7.82. The fraction of sp³-hybridized carbons (Fsp3) is 0.250. The summed E-state index contributed by atoms with van der Waals surface area (Å²) in [6.45, 7) is 13.2. The van der Waals surface area contributed by atoms with Gasteiger partial charge in [0, 0.05) is 46.8 Å². The monoisotopic (exact) mass is 780 g/mol. The summed E-state index contributed by atoms with van der Waals surface area (Å²) in [5, 5.41) is 4.99. The van der Waals surface area contributed by atoms with E-state index in [1.165, 1.54) is 44.1 Å². The second-order valence-electron chi connectivity index (χ2n) is 14.9. The number of nitrogens with zero attached hydrogens (tertiary/aromatic N) is 2. The highest BCUT2D eigenvalue weighted by molar-refractivity contribution is 7.85. The summed E-state index contributed by atoms with van der Waals surface area (Å²) in [6.07, 6.45) is 15.7. The molecule has 2 aliphatic rings. The smallest absolute Gasteiger partial charge is 0.210 e. The van der Waals surface area contributed by atoms with E-state index in [0.29, 0.717) is 19.4 Å². The van der Waals surface area contributed by atoms with E-state index in [0.717, 1.165) is 11.4 Å². The Kier molecular flexibility index (Phi) is 14.1. The maximum absolute atomic E-state index is 11.2. The summed E-state index contributed by atoms with van der Waals surface area (Å²) in [4.78, 5) is 2.29. The molecular weight excluding hydrogens is 733 g/mol. The summed E-state index contributed by atoms with van der Waals surface area (Å²) in [6, 6.07) is 25.8. The van der Waals surface area contributed by atoms with Crippen molar-refractivity contribution >= 4 is 48.7 Å². The molecule has 290 valence electrons. The van der Waals surface area contributed by atoms with Crippen LogP contribution in [0.25, 0.3) is 21.5 Å². The van der Waals surface area contributed by atoms with Gasteiger partial charge < -0.3 is 9.45 Å². The highest BCUT2D eigenvalue weighted by Gasteiger charge is 2.44. The second-order valence-corrected chi connectivity index (χ2v) is 16.4. The Bertz CT molecular complexity index is 2780. The third-order valence-corrected chi connectivity index (χ3v) is 11.1. The Labute approximate surface area is 345 Å². The molecule has 4 aromatic carbocycles. The molecule has 0 saturated carbocycles. The van der Waals surface area contributed by atoms with Crippen LogP contribution < -0.4 is 4.90 Å². The largest absolute Gasteiger partial charge is 0.748 e. The van der Waals surface area contributed by atoms with Crippen molar-refractivity contribution in [1.82, 2.24) is 0 Å². The van der Waals surface area contributed by atoms with Crippen LogP contribution in [0, 0.1) is 59.2 Å². The van der Waals surface area contributed by atoms with E-state index in [2.05, 4.69) is 207 Å². The molecule has 0 aromatic heterocycles. The van der Waals surface area contributed by atoms with Crippen molar-refractivity contribution in [1.29, 1.82) is 0 Å². The predicted octanol–water partition coefficient (Wildman–Crippen LogP) is 9.72. The Morgan fingerprint density at radius 3 is 1.79 bits per heavy atom. The zero-order valence-electron chi connectivity index (χ0n) is 34.3. The van der Waals surface area contributed by atoms with Gasteiger partial charge in [-0.15, -0.1) is 0 Å². The van der Waals surface area contributed by atoms with E-state index in [9.17, 15) is 13.0 Å². The van der Waals surface area contributed by atoms with E-state index < -0.39 is 10.1 Å². The molecule has 58 heavy (non-hydrogen) atoms. The van der Waals surface area contributed by atoms with Crippen LogP contribution in [0.4, 0.5) is 11.4 Å². The molecule has 0 atom stereocenters. The van der Waals surface area contributed by atoms with Crippen molar-refractivity contribution in [2.75, 3.05) is 24.2 Å². The molecule has 0 fully saturated rings. The molecule has 2 heterocycles. The Morgan fingerprint density at radius 1 is 0.655 bits per heavy atom. The van der Waals surface area contributed by atoms with Crippen molar-refractivity contribution in [3.63, 3.8) is 0 Å². The lowest BCUT2D eigenvalue weighted by atomic mass is 9.79. The van der Waals surface area contributed by atoms with Gasteiger partial charge in [-0.1, -0.05) is 111 Å². The van der Waals surface area contributed by atoms with Crippen LogP contribution in [0.15, 0.2) is 121 Å². The highest BCUT2D eigenvalue weighted by atomic mass is 32.2. The van der Waals surface area contributed by atoms with Gasteiger partial charge in [-0.25, -0.2) is 8.42 Å². The molecule has 4 aromatic rings. The number of benzene rings is 4. The normalized spacial score (nSPS) is 15.3. The summed E-state index contributed by atoms with van der Waals surface area (Å²) in [7, 11) is -2.07. The topological polar surface area (TPSA) is 63.5 Å². The van der Waals surface area contributed by atoms with Gasteiger partial charge in [-0.2, -0.15) is 4.58 Å². The van der Waals surface area contributed by atoms with Crippen LogP contribution in [0.3, 0.4) is 0 Å². The van der Waals surface area contributed by atoms with Gasteiger partial charge in [0.15, 0.2) is 5.71 Å². The van der Waals surface area contributed by atoms with E-state index in [-0.39, 0.29) is 16.6 Å². The molecule has 0 radical (unpaired) electrons. The van der Waals surface area contributed by atoms with Crippen LogP contribution in [0.1, 0.15) is 65.5 Å². The molecule has 6 heteroatoms. The van der Waals surface area contributed by atoms with Gasteiger partial charge in [-0.05, 0) is 133 Å². The van der Waals surface area contributed by atoms with Gasteiger partial charge in [0.05, 0.1) is 15.5 Å². The first kappa shape index (κ1) is 42.7. The van der Waals surface area contributed by atoms with Crippen LogP contribution >= 0.6 is 0 Å².